The van der Waals surface area contributed by atoms with E-state index < -0.39 is 0 Å². The molecule has 2 aromatic carbocycles. The Morgan fingerprint density at radius 1 is 1.18 bits per heavy atom. The lowest BCUT2D eigenvalue weighted by Gasteiger charge is -2.19. The van der Waals surface area contributed by atoms with E-state index in [0.29, 0.717) is 0 Å². The summed E-state index contributed by atoms with van der Waals surface area (Å²) in [6, 6.07) is 18.4. The van der Waals surface area contributed by atoms with Crippen LogP contribution in [-0.2, 0) is 21.7 Å². The van der Waals surface area contributed by atoms with Crippen LogP contribution >= 0.6 is 11.8 Å². The molecule has 1 aromatic heterocycles. The molecule has 5 nitrogen and oxygen atoms in total. The van der Waals surface area contributed by atoms with Crippen molar-refractivity contribution in [1.82, 2.24) is 5.43 Å². The van der Waals surface area contributed by atoms with E-state index in [9.17, 15) is 4.79 Å². The Hall–Kier alpha value is -2.99. The van der Waals surface area contributed by atoms with Crippen molar-refractivity contribution in [2.24, 2.45) is 11.0 Å². The van der Waals surface area contributed by atoms with E-state index in [1.807, 2.05) is 30.3 Å². The van der Waals surface area contributed by atoms with Crippen LogP contribution in [0.1, 0.15) is 61.1 Å². The molecule has 0 radical (unpaired) electrons. The molecule has 1 aliphatic rings. The molecular weight excluding hydrogens is 444 g/mol. The van der Waals surface area contributed by atoms with Crippen molar-refractivity contribution in [2.75, 3.05) is 7.11 Å². The van der Waals surface area contributed by atoms with Gasteiger partial charge in [0.1, 0.15) is 11.5 Å². The first-order valence-corrected chi connectivity index (χ1v) is 12.7. The number of benzene rings is 2. The number of thioether (sulfide) groups is 1. The van der Waals surface area contributed by atoms with Gasteiger partial charge in [-0.1, -0.05) is 45.0 Å². The van der Waals surface area contributed by atoms with Crippen molar-refractivity contribution in [3.8, 4) is 5.75 Å². The maximum absolute atomic E-state index is 12.6. The summed E-state index contributed by atoms with van der Waals surface area (Å²) < 4.78 is 10.9. The molecule has 0 saturated heterocycles. The van der Waals surface area contributed by atoms with E-state index in [1.54, 1.807) is 31.3 Å². The van der Waals surface area contributed by atoms with Crippen molar-refractivity contribution in [2.45, 2.75) is 50.0 Å². The fourth-order valence-corrected chi connectivity index (χ4v) is 4.90. The quantitative estimate of drug-likeness (QED) is 0.292. The van der Waals surface area contributed by atoms with Crippen LogP contribution in [0.25, 0.3) is 0 Å². The van der Waals surface area contributed by atoms with E-state index >= 15 is 0 Å². The Morgan fingerprint density at radius 2 is 1.97 bits per heavy atom. The van der Waals surface area contributed by atoms with Gasteiger partial charge in [-0.2, -0.15) is 5.10 Å². The number of hydrogen-bond acceptors (Lipinski definition) is 5. The molecule has 1 fully saturated rings. The van der Waals surface area contributed by atoms with Gasteiger partial charge in [0.15, 0.2) is 0 Å². The molecule has 2 atom stereocenters. The van der Waals surface area contributed by atoms with Crippen LogP contribution in [0.4, 0.5) is 0 Å². The van der Waals surface area contributed by atoms with Crippen molar-refractivity contribution in [3.05, 3.63) is 88.9 Å². The van der Waals surface area contributed by atoms with E-state index in [0.717, 1.165) is 40.6 Å². The van der Waals surface area contributed by atoms with Crippen LogP contribution in [0.3, 0.4) is 0 Å². The number of hydrazone groups is 1. The molecule has 1 aliphatic carbocycles. The molecule has 1 heterocycles. The van der Waals surface area contributed by atoms with Crippen LogP contribution in [0.5, 0.6) is 5.75 Å². The zero-order valence-corrected chi connectivity index (χ0v) is 21.0. The van der Waals surface area contributed by atoms with Crippen molar-refractivity contribution < 1.29 is 13.9 Å². The minimum Gasteiger partial charge on any atom is -0.496 e. The summed E-state index contributed by atoms with van der Waals surface area (Å²) in [6.45, 7) is 6.62. The first kappa shape index (κ1) is 24.1. The van der Waals surface area contributed by atoms with Gasteiger partial charge in [-0.3, -0.25) is 4.79 Å². The van der Waals surface area contributed by atoms with Gasteiger partial charge in [-0.25, -0.2) is 5.43 Å². The molecule has 0 aliphatic heterocycles. The van der Waals surface area contributed by atoms with Gasteiger partial charge in [-0.15, -0.1) is 11.8 Å². The summed E-state index contributed by atoms with van der Waals surface area (Å²) in [5.41, 5.74) is 7.38. The average Bonchev–Trinajstić information content (AvgIpc) is 3.46. The second-order valence-electron chi connectivity index (χ2n) is 9.70. The normalized spacial score (nSPS) is 17.6. The third-order valence-electron chi connectivity index (χ3n) is 6.11. The number of rotatable bonds is 9. The second kappa shape index (κ2) is 10.5. The van der Waals surface area contributed by atoms with Crippen LogP contribution in [-0.4, -0.2) is 19.2 Å². The molecule has 1 N–H and O–H groups in total. The molecule has 0 spiro atoms. The van der Waals surface area contributed by atoms with Crippen LogP contribution in [0, 0.1) is 5.92 Å². The topological polar surface area (TPSA) is 63.8 Å². The largest absolute Gasteiger partial charge is 0.496 e. The highest BCUT2D eigenvalue weighted by atomic mass is 32.2. The Bertz CT molecular complexity index is 1130. The smallest absolute Gasteiger partial charge is 0.243 e. The molecule has 3 aromatic rings. The summed E-state index contributed by atoms with van der Waals surface area (Å²) in [5, 5.41) is 4.21. The van der Waals surface area contributed by atoms with E-state index in [1.165, 1.54) is 11.1 Å². The zero-order valence-electron chi connectivity index (χ0n) is 20.2. The van der Waals surface area contributed by atoms with Gasteiger partial charge in [0.25, 0.3) is 0 Å². The average molecular weight is 477 g/mol. The van der Waals surface area contributed by atoms with Crippen LogP contribution < -0.4 is 10.2 Å². The summed E-state index contributed by atoms with van der Waals surface area (Å²) >= 11 is 1.76. The highest BCUT2D eigenvalue weighted by molar-refractivity contribution is 7.97. The molecule has 1 saturated carbocycles. The Balaban J connectivity index is 1.30. The predicted molar refractivity (Wildman–Crippen MR) is 138 cm³/mol. The third-order valence-corrected chi connectivity index (χ3v) is 7.11. The van der Waals surface area contributed by atoms with E-state index in [4.69, 9.17) is 9.15 Å². The molecule has 1 amide bonds. The molecule has 4 rings (SSSR count). The monoisotopic (exact) mass is 476 g/mol. The van der Waals surface area contributed by atoms with E-state index in [2.05, 4.69) is 55.6 Å². The predicted octanol–water partition coefficient (Wildman–Crippen LogP) is 6.27. The summed E-state index contributed by atoms with van der Waals surface area (Å²) in [6.07, 6.45) is 4.25. The van der Waals surface area contributed by atoms with Crippen LogP contribution in [0.2, 0.25) is 0 Å². The second-order valence-corrected chi connectivity index (χ2v) is 10.7. The highest BCUT2D eigenvalue weighted by Crippen LogP contribution is 2.47. The van der Waals surface area contributed by atoms with Gasteiger partial charge < -0.3 is 9.15 Å². The first-order valence-electron chi connectivity index (χ1n) is 11.6. The lowest BCUT2D eigenvalue weighted by molar-refractivity contribution is -0.122. The molecule has 2 unspecified atom stereocenters. The van der Waals surface area contributed by atoms with Crippen molar-refractivity contribution in [3.63, 3.8) is 0 Å². The highest BCUT2D eigenvalue weighted by Gasteiger charge is 2.44. The standard InChI is InChI=1S/C28H32N2O3S/c1-28(2,3)22-10-8-20(9-11-22)24-15-25(24)27(31)30-29-16-19-7-12-26(32-4)21(14-19)17-34-18-23-6-5-13-33-23/h5-14,16,24-25H,15,17-18H2,1-4H3,(H,30,31)/b29-16+. The lowest BCUT2D eigenvalue weighted by Crippen LogP contribution is -2.20. The fourth-order valence-electron chi connectivity index (χ4n) is 3.98. The maximum atomic E-state index is 12.6. The van der Waals surface area contributed by atoms with Crippen molar-refractivity contribution >= 4 is 23.9 Å². The minimum absolute atomic E-state index is 0.0120. The third kappa shape index (κ3) is 6.11. The number of carbonyl (C=O) groups is 1. The lowest BCUT2D eigenvalue weighted by atomic mass is 9.86. The number of ether oxygens (including phenoxy) is 1. The number of carbonyl (C=O) groups excluding carboxylic acids is 1. The summed E-state index contributed by atoms with van der Waals surface area (Å²) in [7, 11) is 1.67. The SMILES string of the molecule is COc1ccc(/C=N/NC(=O)C2CC2c2ccc(C(C)(C)C)cc2)cc1CSCc1ccco1. The molecule has 6 heteroatoms. The molecule has 178 valence electrons. The maximum Gasteiger partial charge on any atom is 0.243 e. The summed E-state index contributed by atoms with van der Waals surface area (Å²) in [5.74, 6) is 3.62. The van der Waals surface area contributed by atoms with Crippen LogP contribution in [0.15, 0.2) is 70.4 Å². The number of nitrogens with one attached hydrogen (secondary N) is 1. The molecule has 0 bridgehead atoms. The molecular formula is C28H32N2O3S. The number of amides is 1. The van der Waals surface area contributed by atoms with Gasteiger partial charge in [-0.05, 0) is 64.8 Å². The first-order chi connectivity index (χ1) is 16.3. The Kier molecular flexibility index (Phi) is 7.47. The Morgan fingerprint density at radius 3 is 2.65 bits per heavy atom. The summed E-state index contributed by atoms with van der Waals surface area (Å²) in [4.78, 5) is 12.6. The van der Waals surface area contributed by atoms with Crippen molar-refractivity contribution in [1.29, 1.82) is 0 Å². The van der Waals surface area contributed by atoms with E-state index in [-0.39, 0.29) is 23.2 Å². The van der Waals surface area contributed by atoms with Gasteiger partial charge in [0, 0.05) is 17.2 Å². The van der Waals surface area contributed by atoms with Gasteiger partial charge in [0.2, 0.25) is 5.91 Å². The Labute approximate surface area is 206 Å². The number of hydrogen-bond donors (Lipinski definition) is 1. The van der Waals surface area contributed by atoms with Gasteiger partial charge >= 0.3 is 0 Å². The van der Waals surface area contributed by atoms with Gasteiger partial charge in [0.05, 0.1) is 25.3 Å². The zero-order chi connectivity index (χ0) is 24.1. The fraction of sp³-hybridized carbons (Fsp3) is 0.357. The number of nitrogens with zero attached hydrogens (tertiary/aromatic N) is 1. The number of methoxy groups -OCH3 is 1. The minimum atomic E-state index is -0.0242. The molecule has 34 heavy (non-hydrogen) atoms. The number of furan rings is 1.